The van der Waals surface area contributed by atoms with Crippen molar-refractivity contribution in [3.05, 3.63) is 182 Å². The summed E-state index contributed by atoms with van der Waals surface area (Å²) in [5.41, 5.74) is 8.92. The Bertz CT molecular complexity index is 3760. The van der Waals surface area contributed by atoms with Crippen LogP contribution in [0.3, 0.4) is 0 Å². The van der Waals surface area contributed by atoms with Crippen LogP contribution in [-0.4, -0.2) is 19.5 Å². The van der Waals surface area contributed by atoms with Gasteiger partial charge in [-0.05, 0) is 76.1 Å². The summed E-state index contributed by atoms with van der Waals surface area (Å²) in [6.07, 6.45) is 0. The molecule has 0 atom stereocenters. The molecule has 274 valence electrons. The monoisotopic (exact) mass is 754 g/mol. The number of benzene rings is 9. The summed E-state index contributed by atoms with van der Waals surface area (Å²) in [4.78, 5) is 15.7. The Kier molecular flexibility index (Phi) is 6.63. The topological polar surface area (TPSA) is 69.9 Å². The number of hydrogen-bond acceptors (Lipinski definition) is 5. The van der Waals surface area contributed by atoms with Crippen LogP contribution in [0.4, 0.5) is 0 Å². The van der Waals surface area contributed by atoms with Crippen LogP contribution in [0.15, 0.2) is 191 Å². The van der Waals surface area contributed by atoms with Gasteiger partial charge in [0.15, 0.2) is 17.5 Å². The summed E-state index contributed by atoms with van der Waals surface area (Å²) < 4.78 is 15.4. The molecule has 0 N–H and O–H groups in total. The smallest absolute Gasteiger partial charge is 0.164 e. The Labute approximate surface area is 336 Å². The fourth-order valence-corrected chi connectivity index (χ4v) is 9.02. The first-order valence-corrected chi connectivity index (χ1v) is 19.8. The van der Waals surface area contributed by atoms with Gasteiger partial charge < -0.3 is 13.4 Å². The lowest BCUT2D eigenvalue weighted by atomic mass is 10.0. The molecule has 9 aromatic carbocycles. The molecule has 13 rings (SSSR count). The van der Waals surface area contributed by atoms with E-state index in [0.29, 0.717) is 17.5 Å². The number of rotatable bonds is 4. The van der Waals surface area contributed by atoms with Crippen LogP contribution < -0.4 is 0 Å². The normalized spacial score (nSPS) is 12.1. The van der Waals surface area contributed by atoms with Crippen LogP contribution in [0.2, 0.25) is 0 Å². The lowest BCUT2D eigenvalue weighted by Crippen LogP contribution is -2.01. The molecule has 0 amide bonds. The first-order chi connectivity index (χ1) is 29.2. The average molecular weight is 755 g/mol. The number of aromatic nitrogens is 4. The molecule has 0 unspecified atom stereocenters. The maximum atomic E-state index is 6.73. The zero-order valence-corrected chi connectivity index (χ0v) is 31.4. The lowest BCUT2D eigenvalue weighted by Gasteiger charge is -2.13. The molecule has 0 aliphatic carbocycles. The predicted octanol–water partition coefficient (Wildman–Crippen LogP) is 14.1. The Morgan fingerprint density at radius 1 is 0.339 bits per heavy atom. The van der Waals surface area contributed by atoms with Gasteiger partial charge in [0.1, 0.15) is 22.3 Å². The summed E-state index contributed by atoms with van der Waals surface area (Å²) in [5.74, 6) is 1.68. The minimum atomic E-state index is 0.550. The number of fused-ring (bicyclic) bond motifs is 11. The van der Waals surface area contributed by atoms with Crippen molar-refractivity contribution in [2.45, 2.75) is 0 Å². The van der Waals surface area contributed by atoms with E-state index in [1.54, 1.807) is 0 Å². The molecule has 13 aromatic rings. The first-order valence-electron chi connectivity index (χ1n) is 19.8. The van der Waals surface area contributed by atoms with E-state index in [-0.39, 0.29) is 0 Å². The predicted molar refractivity (Wildman–Crippen MR) is 240 cm³/mol. The number of nitrogens with zero attached hydrogens (tertiary/aromatic N) is 4. The second-order valence-electron chi connectivity index (χ2n) is 15.2. The van der Waals surface area contributed by atoms with E-state index >= 15 is 0 Å². The fraction of sp³-hybridized carbons (Fsp3) is 0. The summed E-state index contributed by atoms with van der Waals surface area (Å²) in [5, 5.41) is 11.2. The fourth-order valence-electron chi connectivity index (χ4n) is 9.02. The van der Waals surface area contributed by atoms with Gasteiger partial charge in [0.2, 0.25) is 0 Å². The van der Waals surface area contributed by atoms with Crippen molar-refractivity contribution in [1.82, 2.24) is 19.5 Å². The molecule has 0 saturated heterocycles. The number of furan rings is 2. The van der Waals surface area contributed by atoms with Crippen molar-refractivity contribution in [1.29, 1.82) is 0 Å². The summed E-state index contributed by atoms with van der Waals surface area (Å²) in [6.45, 7) is 0. The van der Waals surface area contributed by atoms with Crippen LogP contribution in [-0.2, 0) is 0 Å². The van der Waals surface area contributed by atoms with Crippen molar-refractivity contribution in [3.63, 3.8) is 0 Å². The van der Waals surface area contributed by atoms with Crippen molar-refractivity contribution < 1.29 is 8.83 Å². The number of para-hydroxylation sites is 2. The van der Waals surface area contributed by atoms with Crippen LogP contribution in [0.1, 0.15) is 0 Å². The zero-order chi connectivity index (χ0) is 38.6. The quantitative estimate of drug-likeness (QED) is 0.179. The summed E-state index contributed by atoms with van der Waals surface area (Å²) >= 11 is 0. The van der Waals surface area contributed by atoms with Crippen LogP contribution >= 0.6 is 0 Å². The molecule has 6 heteroatoms. The first kappa shape index (κ1) is 32.0. The van der Waals surface area contributed by atoms with Gasteiger partial charge in [-0.15, -0.1) is 0 Å². The standard InChI is InChI=1S/C53H30N4O2/c1-2-12-31(13-3-1)51-54-52(36-22-23-39-38-18-8-10-20-46(38)58-48(39)28-36)56-53(55-51)43-29-37(30-49-50(43)40-19-9-11-21-47(40)59-49)57-44-26-34-16-6-4-14-32(34)24-41(44)42-25-33-15-5-7-17-35(33)27-45(42)57/h1-30H. The van der Waals surface area contributed by atoms with Crippen LogP contribution in [0.25, 0.3) is 127 Å². The Balaban J connectivity index is 1.12. The summed E-state index contributed by atoms with van der Waals surface area (Å²) in [6, 6.07) is 63.4. The molecule has 0 fully saturated rings. The van der Waals surface area contributed by atoms with E-state index in [9.17, 15) is 0 Å². The van der Waals surface area contributed by atoms with Crippen LogP contribution in [0.5, 0.6) is 0 Å². The van der Waals surface area contributed by atoms with E-state index in [1.807, 2.05) is 66.7 Å². The van der Waals surface area contributed by atoms with Gasteiger partial charge in [-0.2, -0.15) is 0 Å². The van der Waals surface area contributed by atoms with Gasteiger partial charge >= 0.3 is 0 Å². The Morgan fingerprint density at radius 2 is 0.864 bits per heavy atom. The van der Waals surface area contributed by atoms with Crippen molar-refractivity contribution in [3.8, 4) is 39.9 Å². The molecular formula is C53H30N4O2. The molecule has 0 aliphatic heterocycles. The van der Waals surface area contributed by atoms with E-state index in [1.165, 1.54) is 32.3 Å². The maximum Gasteiger partial charge on any atom is 0.164 e. The molecule has 0 bridgehead atoms. The van der Waals surface area contributed by atoms with E-state index in [2.05, 4.69) is 120 Å². The highest BCUT2D eigenvalue weighted by molar-refractivity contribution is 6.18. The van der Waals surface area contributed by atoms with Gasteiger partial charge in [0, 0.05) is 55.1 Å². The second-order valence-corrected chi connectivity index (χ2v) is 15.2. The molecule has 0 radical (unpaired) electrons. The molecule has 0 aliphatic rings. The highest BCUT2D eigenvalue weighted by Crippen LogP contribution is 2.42. The molecular weight excluding hydrogens is 725 g/mol. The van der Waals surface area contributed by atoms with Crippen molar-refractivity contribution in [2.24, 2.45) is 0 Å². The minimum Gasteiger partial charge on any atom is -0.456 e. The van der Waals surface area contributed by atoms with Gasteiger partial charge in [0.05, 0.1) is 16.7 Å². The van der Waals surface area contributed by atoms with Crippen molar-refractivity contribution >= 4 is 87.2 Å². The average Bonchev–Trinajstić information content (AvgIpc) is 3.96. The van der Waals surface area contributed by atoms with Crippen molar-refractivity contribution in [2.75, 3.05) is 0 Å². The SMILES string of the molecule is c1ccc(-c2nc(-c3ccc4c(c3)oc3ccccc34)nc(-c3cc(-n4c5cc6ccccc6cc5c5cc6ccccc6cc54)cc4oc5ccccc5c34)n2)cc1. The largest absolute Gasteiger partial charge is 0.456 e. The van der Waals surface area contributed by atoms with E-state index in [0.717, 1.165) is 77.3 Å². The molecule has 0 spiro atoms. The molecule has 4 aromatic heterocycles. The van der Waals surface area contributed by atoms with E-state index in [4.69, 9.17) is 23.8 Å². The second kappa shape index (κ2) is 12.2. The molecule has 0 saturated carbocycles. The maximum absolute atomic E-state index is 6.73. The highest BCUT2D eigenvalue weighted by atomic mass is 16.3. The Morgan fingerprint density at radius 3 is 1.56 bits per heavy atom. The van der Waals surface area contributed by atoms with Gasteiger partial charge in [-0.25, -0.2) is 15.0 Å². The molecule has 4 heterocycles. The minimum absolute atomic E-state index is 0.550. The third kappa shape index (κ3) is 4.90. The van der Waals surface area contributed by atoms with Crippen LogP contribution in [0, 0.1) is 0 Å². The zero-order valence-electron chi connectivity index (χ0n) is 31.4. The lowest BCUT2D eigenvalue weighted by molar-refractivity contribution is 0.668. The number of hydrogen-bond donors (Lipinski definition) is 0. The van der Waals surface area contributed by atoms with Gasteiger partial charge in [-0.1, -0.05) is 121 Å². The third-order valence-corrected chi connectivity index (χ3v) is 11.8. The third-order valence-electron chi connectivity index (χ3n) is 11.8. The van der Waals surface area contributed by atoms with E-state index < -0.39 is 0 Å². The van der Waals surface area contributed by atoms with Gasteiger partial charge in [-0.3, -0.25) is 0 Å². The molecule has 6 nitrogen and oxygen atoms in total. The van der Waals surface area contributed by atoms with Gasteiger partial charge in [0.25, 0.3) is 0 Å². The highest BCUT2D eigenvalue weighted by Gasteiger charge is 2.22. The molecule has 59 heavy (non-hydrogen) atoms. The summed E-state index contributed by atoms with van der Waals surface area (Å²) in [7, 11) is 0. The Hall–Kier alpha value is -8.09.